The first-order valence-electron chi connectivity index (χ1n) is 5.30. The third-order valence-corrected chi connectivity index (χ3v) is 3.14. The normalized spacial score (nSPS) is 10.1. The Kier molecular flexibility index (Phi) is 3.89. The molecule has 0 amide bonds. The molecule has 0 atom stereocenters. The van der Waals surface area contributed by atoms with Crippen LogP contribution in [0.1, 0.15) is 5.56 Å². The van der Waals surface area contributed by atoms with Gasteiger partial charge in [0.05, 0.1) is 21.3 Å². The van der Waals surface area contributed by atoms with Crippen molar-refractivity contribution in [1.29, 1.82) is 5.26 Å². The highest BCUT2D eigenvalue weighted by Crippen LogP contribution is 2.32. The summed E-state index contributed by atoms with van der Waals surface area (Å²) < 4.78 is 13.5. The van der Waals surface area contributed by atoms with Crippen LogP contribution in [-0.4, -0.2) is 12.0 Å². The van der Waals surface area contributed by atoms with Crippen LogP contribution in [-0.2, 0) is 0 Å². The first kappa shape index (κ1) is 13.6. The maximum Gasteiger partial charge on any atom is 0.144 e. The molecular weight excluding hydrogens is 288 g/mol. The first-order chi connectivity index (χ1) is 9.06. The molecule has 1 aromatic carbocycles. The molecule has 6 heteroatoms. The van der Waals surface area contributed by atoms with E-state index in [0.29, 0.717) is 27.7 Å². The number of anilines is 1. The van der Waals surface area contributed by atoms with Gasteiger partial charge < -0.3 is 5.32 Å². The van der Waals surface area contributed by atoms with Crippen LogP contribution in [0.4, 0.5) is 10.2 Å². The lowest BCUT2D eigenvalue weighted by Gasteiger charge is -2.08. The Bertz CT molecular complexity index is 680. The van der Waals surface area contributed by atoms with Gasteiger partial charge in [-0.1, -0.05) is 23.2 Å². The zero-order chi connectivity index (χ0) is 14.0. The summed E-state index contributed by atoms with van der Waals surface area (Å²) in [6.45, 7) is 0. The summed E-state index contributed by atoms with van der Waals surface area (Å²) in [5.74, 6) is -0.162. The Morgan fingerprint density at radius 2 is 2.00 bits per heavy atom. The minimum atomic E-state index is -0.571. The molecule has 1 N–H and O–H groups in total. The molecule has 2 aromatic rings. The van der Waals surface area contributed by atoms with Crippen molar-refractivity contribution in [3.05, 3.63) is 45.7 Å². The van der Waals surface area contributed by atoms with E-state index in [4.69, 9.17) is 28.5 Å². The van der Waals surface area contributed by atoms with Crippen LogP contribution in [0.15, 0.2) is 24.3 Å². The highest BCUT2D eigenvalue weighted by atomic mass is 35.5. The van der Waals surface area contributed by atoms with E-state index in [9.17, 15) is 4.39 Å². The van der Waals surface area contributed by atoms with E-state index in [1.807, 2.05) is 6.07 Å². The van der Waals surface area contributed by atoms with Gasteiger partial charge in [0.25, 0.3) is 0 Å². The molecule has 3 nitrogen and oxygen atoms in total. The summed E-state index contributed by atoms with van der Waals surface area (Å²) in [6, 6.07) is 7.75. The van der Waals surface area contributed by atoms with Crippen LogP contribution < -0.4 is 5.32 Å². The molecule has 2 rings (SSSR count). The van der Waals surface area contributed by atoms with Gasteiger partial charge in [0.15, 0.2) is 0 Å². The van der Waals surface area contributed by atoms with Gasteiger partial charge >= 0.3 is 0 Å². The lowest BCUT2D eigenvalue weighted by atomic mass is 10.1. The lowest BCUT2D eigenvalue weighted by molar-refractivity contribution is 0.628. The fraction of sp³-hybridized carbons (Fsp3) is 0.0769. The van der Waals surface area contributed by atoms with Crippen molar-refractivity contribution >= 4 is 29.0 Å². The minimum Gasteiger partial charge on any atom is -0.372 e. The van der Waals surface area contributed by atoms with E-state index in [0.717, 1.165) is 0 Å². The van der Waals surface area contributed by atoms with Crippen LogP contribution in [0, 0.1) is 17.1 Å². The summed E-state index contributed by atoms with van der Waals surface area (Å²) in [4.78, 5) is 4.24. The maximum absolute atomic E-state index is 13.5. The Morgan fingerprint density at radius 3 is 2.63 bits per heavy atom. The van der Waals surface area contributed by atoms with E-state index < -0.39 is 5.82 Å². The summed E-state index contributed by atoms with van der Waals surface area (Å²) >= 11 is 11.7. The number of hydrogen-bond donors (Lipinski definition) is 1. The number of halogens is 3. The summed E-state index contributed by atoms with van der Waals surface area (Å²) in [7, 11) is 1.65. The van der Waals surface area contributed by atoms with Crippen molar-refractivity contribution in [1.82, 2.24) is 4.98 Å². The van der Waals surface area contributed by atoms with Gasteiger partial charge in [0.1, 0.15) is 17.7 Å². The first-order valence-corrected chi connectivity index (χ1v) is 6.06. The van der Waals surface area contributed by atoms with Crippen LogP contribution >= 0.6 is 23.2 Å². The number of benzene rings is 1. The highest BCUT2D eigenvalue weighted by Gasteiger charge is 2.12. The molecule has 19 heavy (non-hydrogen) atoms. The number of pyridine rings is 1. The van der Waals surface area contributed by atoms with E-state index in [2.05, 4.69) is 10.3 Å². The number of hydrogen-bond acceptors (Lipinski definition) is 3. The Balaban J connectivity index is 2.60. The molecule has 0 aliphatic heterocycles. The number of aromatic nitrogens is 1. The SMILES string of the molecule is CNc1nc(-c2cc(F)c(Cl)cc2Cl)ccc1C#N. The van der Waals surface area contributed by atoms with Crippen molar-refractivity contribution in [3.63, 3.8) is 0 Å². The van der Waals surface area contributed by atoms with Gasteiger partial charge in [-0.05, 0) is 24.3 Å². The van der Waals surface area contributed by atoms with Crippen LogP contribution in [0.5, 0.6) is 0 Å². The minimum absolute atomic E-state index is 0.0452. The number of nitrogens with one attached hydrogen (secondary N) is 1. The van der Waals surface area contributed by atoms with E-state index in [-0.39, 0.29) is 5.02 Å². The second kappa shape index (κ2) is 5.43. The van der Waals surface area contributed by atoms with Gasteiger partial charge in [-0.15, -0.1) is 0 Å². The van der Waals surface area contributed by atoms with Crippen molar-refractivity contribution in [2.75, 3.05) is 12.4 Å². The highest BCUT2D eigenvalue weighted by molar-refractivity contribution is 6.36. The zero-order valence-corrected chi connectivity index (χ0v) is 11.3. The quantitative estimate of drug-likeness (QED) is 0.848. The monoisotopic (exact) mass is 295 g/mol. The smallest absolute Gasteiger partial charge is 0.144 e. The Morgan fingerprint density at radius 1 is 1.26 bits per heavy atom. The van der Waals surface area contributed by atoms with Crippen molar-refractivity contribution < 1.29 is 4.39 Å². The van der Waals surface area contributed by atoms with E-state index >= 15 is 0 Å². The van der Waals surface area contributed by atoms with Gasteiger partial charge in [0, 0.05) is 12.6 Å². The van der Waals surface area contributed by atoms with E-state index in [1.54, 1.807) is 19.2 Å². The summed E-state index contributed by atoms with van der Waals surface area (Å²) in [6.07, 6.45) is 0. The largest absolute Gasteiger partial charge is 0.372 e. The molecular formula is C13H8Cl2FN3. The molecule has 0 radical (unpaired) electrons. The lowest BCUT2D eigenvalue weighted by Crippen LogP contribution is -1.98. The standard InChI is InChI=1S/C13H8Cl2FN3/c1-18-13-7(6-17)2-3-12(19-13)8-4-11(16)10(15)5-9(8)14/h2-5H,1H3,(H,18,19). The molecule has 0 aliphatic rings. The number of nitriles is 1. The predicted molar refractivity (Wildman–Crippen MR) is 73.9 cm³/mol. The van der Waals surface area contributed by atoms with Crippen molar-refractivity contribution in [3.8, 4) is 17.3 Å². The maximum atomic E-state index is 13.5. The molecule has 0 unspecified atom stereocenters. The fourth-order valence-electron chi connectivity index (χ4n) is 1.61. The molecule has 0 saturated carbocycles. The average molecular weight is 296 g/mol. The molecule has 96 valence electrons. The second-order valence-electron chi connectivity index (χ2n) is 3.70. The molecule has 0 saturated heterocycles. The molecule has 0 spiro atoms. The summed E-state index contributed by atoms with van der Waals surface area (Å²) in [5, 5.41) is 12.0. The number of rotatable bonds is 2. The fourth-order valence-corrected chi connectivity index (χ4v) is 2.09. The third kappa shape index (κ3) is 2.62. The van der Waals surface area contributed by atoms with E-state index in [1.165, 1.54) is 12.1 Å². The van der Waals surface area contributed by atoms with Crippen LogP contribution in [0.2, 0.25) is 10.0 Å². The van der Waals surface area contributed by atoms with Crippen LogP contribution in [0.3, 0.4) is 0 Å². The average Bonchev–Trinajstić information content (AvgIpc) is 2.42. The Labute approximate surface area is 119 Å². The predicted octanol–water partition coefficient (Wildman–Crippen LogP) is 4.11. The number of nitrogens with zero attached hydrogens (tertiary/aromatic N) is 2. The Hall–Kier alpha value is -1.83. The van der Waals surface area contributed by atoms with Crippen molar-refractivity contribution in [2.24, 2.45) is 0 Å². The molecule has 0 fully saturated rings. The molecule has 0 bridgehead atoms. The van der Waals surface area contributed by atoms with Gasteiger partial charge in [-0.2, -0.15) is 5.26 Å². The van der Waals surface area contributed by atoms with Gasteiger partial charge in [-0.25, -0.2) is 9.37 Å². The third-order valence-electron chi connectivity index (χ3n) is 2.54. The molecule has 0 aliphatic carbocycles. The summed E-state index contributed by atoms with van der Waals surface area (Å²) in [5.41, 5.74) is 1.28. The zero-order valence-electron chi connectivity index (χ0n) is 9.84. The van der Waals surface area contributed by atoms with Crippen LogP contribution in [0.25, 0.3) is 11.3 Å². The van der Waals surface area contributed by atoms with Crippen molar-refractivity contribution in [2.45, 2.75) is 0 Å². The molecule has 1 aromatic heterocycles. The van der Waals surface area contributed by atoms with Gasteiger partial charge in [0.2, 0.25) is 0 Å². The topological polar surface area (TPSA) is 48.7 Å². The second-order valence-corrected chi connectivity index (χ2v) is 4.52. The van der Waals surface area contributed by atoms with Gasteiger partial charge in [-0.3, -0.25) is 0 Å². The molecule has 1 heterocycles.